The third-order valence-electron chi connectivity index (χ3n) is 6.31. The summed E-state index contributed by atoms with van der Waals surface area (Å²) < 4.78 is 28.9. The zero-order valence-electron chi connectivity index (χ0n) is 19.4. The lowest BCUT2D eigenvalue weighted by atomic mass is 9.89. The molecule has 0 N–H and O–H groups in total. The highest BCUT2D eigenvalue weighted by atomic mass is 32.2. The molecule has 0 aromatic heterocycles. The molecule has 5 heteroatoms. The van der Waals surface area contributed by atoms with Crippen LogP contribution in [0.25, 0.3) is 16.7 Å². The van der Waals surface area contributed by atoms with Crippen molar-refractivity contribution in [2.24, 2.45) is 0 Å². The van der Waals surface area contributed by atoms with Crippen molar-refractivity contribution in [2.45, 2.75) is 18.4 Å². The van der Waals surface area contributed by atoms with Crippen molar-refractivity contribution in [1.82, 2.24) is 4.31 Å². The van der Waals surface area contributed by atoms with E-state index in [2.05, 4.69) is 0 Å². The molecule has 0 saturated heterocycles. The van der Waals surface area contributed by atoms with E-state index in [0.29, 0.717) is 11.1 Å². The number of sulfonamides is 1. The molecule has 1 aliphatic rings. The number of Topliss-reactive ketones (excluding diaryl/α,β-unsaturated/α-hetero) is 1. The molecule has 0 saturated carbocycles. The third kappa shape index (κ3) is 4.48. The molecular weight excluding hydrogens is 454 g/mol. The zero-order valence-corrected chi connectivity index (χ0v) is 20.2. The summed E-state index contributed by atoms with van der Waals surface area (Å²) in [6.07, 6.45) is 1.76. The number of allylic oxidation sites excluding steroid dienone is 1. The normalized spacial score (nSPS) is 15.5. The minimum atomic E-state index is -3.80. The fourth-order valence-corrected chi connectivity index (χ4v) is 5.79. The second kappa shape index (κ2) is 9.45. The summed E-state index contributed by atoms with van der Waals surface area (Å²) in [5, 5.41) is 0. The van der Waals surface area contributed by atoms with E-state index in [1.807, 2.05) is 73.7 Å². The smallest absolute Gasteiger partial charge is 0.243 e. The highest BCUT2D eigenvalue weighted by Gasteiger charge is 2.28. The molecule has 4 nitrogen and oxygen atoms in total. The molecule has 4 aromatic carbocycles. The molecule has 0 radical (unpaired) electrons. The van der Waals surface area contributed by atoms with E-state index < -0.39 is 10.0 Å². The average molecular weight is 480 g/mol. The van der Waals surface area contributed by atoms with E-state index in [1.54, 1.807) is 42.5 Å². The zero-order chi connectivity index (χ0) is 24.4. The number of hydrogen-bond acceptors (Lipinski definition) is 3. The van der Waals surface area contributed by atoms with Crippen LogP contribution in [0.1, 0.15) is 27.0 Å². The van der Waals surface area contributed by atoms with E-state index >= 15 is 0 Å². The molecule has 4 aromatic rings. The van der Waals surface area contributed by atoms with Crippen LogP contribution >= 0.6 is 0 Å². The number of rotatable bonds is 4. The van der Waals surface area contributed by atoms with Crippen molar-refractivity contribution in [3.8, 4) is 11.1 Å². The Kier molecular flexibility index (Phi) is 6.20. The van der Waals surface area contributed by atoms with E-state index in [-0.39, 0.29) is 23.8 Å². The number of nitrogens with zero attached hydrogens (tertiary/aromatic N) is 1. The average Bonchev–Trinajstić information content (AvgIpc) is 2.96. The van der Waals surface area contributed by atoms with Gasteiger partial charge in [-0.3, -0.25) is 4.79 Å². The molecule has 0 amide bonds. The number of carbonyl (C=O) groups excluding carboxylic acids is 1. The minimum absolute atomic E-state index is 0.0762. The maximum atomic E-state index is 13.7. The summed E-state index contributed by atoms with van der Waals surface area (Å²) in [6, 6.07) is 31.5. The molecule has 35 heavy (non-hydrogen) atoms. The predicted molar refractivity (Wildman–Crippen MR) is 139 cm³/mol. The van der Waals surface area contributed by atoms with E-state index in [9.17, 15) is 13.2 Å². The van der Waals surface area contributed by atoms with Gasteiger partial charge in [0.15, 0.2) is 5.78 Å². The van der Waals surface area contributed by atoms with Crippen LogP contribution in [0.15, 0.2) is 114 Å². The third-order valence-corrected chi connectivity index (χ3v) is 8.14. The lowest BCUT2D eigenvalue weighted by molar-refractivity contribution is 0.105. The predicted octanol–water partition coefficient (Wildman–Crippen LogP) is 6.13. The van der Waals surface area contributed by atoms with Gasteiger partial charge in [-0.2, -0.15) is 4.31 Å². The monoisotopic (exact) mass is 479 g/mol. The molecule has 5 rings (SSSR count). The summed E-state index contributed by atoms with van der Waals surface area (Å²) in [5.41, 5.74) is 5.56. The van der Waals surface area contributed by atoms with Gasteiger partial charge in [-0.15, -0.1) is 0 Å². The molecule has 0 unspecified atom stereocenters. The van der Waals surface area contributed by atoms with Gasteiger partial charge in [0.05, 0.1) is 4.90 Å². The number of benzene rings is 4. The molecule has 0 aliphatic carbocycles. The van der Waals surface area contributed by atoms with Crippen LogP contribution in [-0.4, -0.2) is 25.1 Å². The minimum Gasteiger partial charge on any atom is -0.289 e. The molecule has 0 spiro atoms. The Labute approximate surface area is 206 Å². The van der Waals surface area contributed by atoms with Crippen molar-refractivity contribution < 1.29 is 13.2 Å². The summed E-state index contributed by atoms with van der Waals surface area (Å²) in [4.78, 5) is 13.9. The Morgan fingerprint density at radius 3 is 2.03 bits per heavy atom. The van der Waals surface area contributed by atoms with Gasteiger partial charge >= 0.3 is 0 Å². The summed E-state index contributed by atoms with van der Waals surface area (Å²) >= 11 is 0. The molecule has 1 aliphatic heterocycles. The van der Waals surface area contributed by atoms with Crippen molar-refractivity contribution in [2.75, 3.05) is 6.54 Å². The van der Waals surface area contributed by atoms with Crippen molar-refractivity contribution in [3.05, 3.63) is 131 Å². The number of carbonyl (C=O) groups is 1. The maximum Gasteiger partial charge on any atom is 0.243 e. The summed E-state index contributed by atoms with van der Waals surface area (Å²) in [5.74, 6) is -0.134. The largest absolute Gasteiger partial charge is 0.289 e. The first-order chi connectivity index (χ1) is 16.9. The van der Waals surface area contributed by atoms with Gasteiger partial charge in [0.2, 0.25) is 10.0 Å². The molecule has 1 heterocycles. The molecular formula is C30H25NO3S. The van der Waals surface area contributed by atoms with Gasteiger partial charge in [-0.25, -0.2) is 8.42 Å². The fraction of sp³-hybridized carbons (Fsp3) is 0.100. The Morgan fingerprint density at radius 1 is 0.714 bits per heavy atom. The van der Waals surface area contributed by atoms with Gasteiger partial charge in [0.25, 0.3) is 0 Å². The fourth-order valence-electron chi connectivity index (χ4n) is 4.43. The van der Waals surface area contributed by atoms with E-state index in [4.69, 9.17) is 0 Å². The molecule has 0 fully saturated rings. The Bertz CT molecular complexity index is 1520. The van der Waals surface area contributed by atoms with E-state index in [0.717, 1.165) is 27.8 Å². The van der Waals surface area contributed by atoms with Crippen molar-refractivity contribution in [1.29, 1.82) is 0 Å². The number of aryl methyl sites for hydroxylation is 1. The van der Waals surface area contributed by atoms with E-state index in [1.165, 1.54) is 4.31 Å². The van der Waals surface area contributed by atoms with Gasteiger partial charge in [-0.05, 0) is 41.3 Å². The standard InChI is InChI=1S/C30H25NO3S/c1-22-15-17-25(18-16-22)35(33,34)31-20-19-29(30(32)23-9-3-2-4-10-23)28-14-8-7-13-27(28)26-12-6-5-11-24(26)21-31/h2-19H,20-21H2,1H3/b29-19+. The Balaban J connectivity index is 1.70. The Hall–Kier alpha value is -3.80. The van der Waals surface area contributed by atoms with Gasteiger partial charge < -0.3 is 0 Å². The molecule has 0 bridgehead atoms. The van der Waals surface area contributed by atoms with Crippen LogP contribution in [0.3, 0.4) is 0 Å². The first kappa shape index (κ1) is 23.0. The summed E-state index contributed by atoms with van der Waals surface area (Å²) in [6.45, 7) is 2.20. The van der Waals surface area contributed by atoms with Crippen molar-refractivity contribution >= 4 is 21.4 Å². The van der Waals surface area contributed by atoms with Crippen molar-refractivity contribution in [3.63, 3.8) is 0 Å². The number of fused-ring (bicyclic) bond motifs is 3. The molecule has 0 atom stereocenters. The van der Waals surface area contributed by atoms with Crippen LogP contribution in [0.2, 0.25) is 0 Å². The second-order valence-corrected chi connectivity index (χ2v) is 10.6. The number of ketones is 1. The van der Waals surface area contributed by atoms with Gasteiger partial charge in [0.1, 0.15) is 0 Å². The Morgan fingerprint density at radius 2 is 1.31 bits per heavy atom. The van der Waals surface area contributed by atoms with Crippen LogP contribution in [0.5, 0.6) is 0 Å². The molecule has 174 valence electrons. The maximum absolute atomic E-state index is 13.7. The summed E-state index contributed by atoms with van der Waals surface area (Å²) in [7, 11) is -3.80. The second-order valence-electron chi connectivity index (χ2n) is 8.63. The van der Waals surface area contributed by atoms with Crippen LogP contribution < -0.4 is 0 Å². The highest BCUT2D eigenvalue weighted by Crippen LogP contribution is 2.35. The highest BCUT2D eigenvalue weighted by molar-refractivity contribution is 7.89. The van der Waals surface area contributed by atoms with Gasteiger partial charge in [-0.1, -0.05) is 103 Å². The first-order valence-corrected chi connectivity index (χ1v) is 12.9. The topological polar surface area (TPSA) is 54.5 Å². The number of hydrogen-bond donors (Lipinski definition) is 0. The van der Waals surface area contributed by atoms with Gasteiger partial charge in [0, 0.05) is 24.2 Å². The van der Waals surface area contributed by atoms with Crippen LogP contribution in [0.4, 0.5) is 0 Å². The van der Waals surface area contributed by atoms with Crippen LogP contribution in [-0.2, 0) is 16.6 Å². The lowest BCUT2D eigenvalue weighted by Crippen LogP contribution is -2.31. The SMILES string of the molecule is Cc1ccc(S(=O)(=O)N2C/C=C(/C(=O)c3ccccc3)c3ccccc3-c3ccccc3C2)cc1. The first-order valence-electron chi connectivity index (χ1n) is 11.5. The van der Waals surface area contributed by atoms with Crippen LogP contribution in [0, 0.1) is 6.92 Å². The quantitative estimate of drug-likeness (QED) is 0.331. The lowest BCUT2D eigenvalue weighted by Gasteiger charge is -2.22.